The second kappa shape index (κ2) is 6.25. The third-order valence-electron chi connectivity index (χ3n) is 4.72. The molecule has 0 fully saturated rings. The first-order valence-corrected chi connectivity index (χ1v) is 8.68. The molecule has 0 bridgehead atoms. The number of fused-ring (bicyclic) bond motifs is 2. The van der Waals surface area contributed by atoms with E-state index >= 15 is 0 Å². The number of rotatable bonds is 4. The van der Waals surface area contributed by atoms with Gasteiger partial charge in [-0.3, -0.25) is 0 Å². The number of benzene rings is 1. The summed E-state index contributed by atoms with van der Waals surface area (Å²) in [4.78, 5) is 16.6. The molecule has 6 nitrogen and oxygen atoms in total. The van der Waals surface area contributed by atoms with Crippen LogP contribution in [0.1, 0.15) is 5.56 Å². The van der Waals surface area contributed by atoms with Crippen molar-refractivity contribution < 1.29 is 4.74 Å². The first kappa shape index (κ1) is 15.6. The highest BCUT2D eigenvalue weighted by molar-refractivity contribution is 5.95. The van der Waals surface area contributed by atoms with Crippen LogP contribution in [-0.4, -0.2) is 31.6 Å². The van der Waals surface area contributed by atoms with E-state index in [1.165, 1.54) is 5.56 Å². The minimum absolute atomic E-state index is 0.728. The van der Waals surface area contributed by atoms with Gasteiger partial charge in [-0.1, -0.05) is 30.3 Å². The Morgan fingerprint density at radius 2 is 1.93 bits per heavy atom. The zero-order chi connectivity index (χ0) is 18.2. The molecule has 5 rings (SSSR count). The molecule has 0 spiro atoms. The zero-order valence-electron chi connectivity index (χ0n) is 14.8. The van der Waals surface area contributed by atoms with Crippen LogP contribution in [0.25, 0.3) is 33.3 Å². The second-order valence-electron chi connectivity index (χ2n) is 6.40. The third-order valence-corrected chi connectivity index (χ3v) is 4.72. The standard InChI is InChI=1S/C21H17N5O/c1-27-16-8-17-18(11-24-20(17)23-10-16)15-7-19-21(22-9-15)25-13-26(19)12-14-5-3-2-4-6-14/h2-11,13H,12H2,1H3,(H,23,24). The Morgan fingerprint density at radius 3 is 2.78 bits per heavy atom. The number of nitrogens with zero attached hydrogens (tertiary/aromatic N) is 4. The molecular formula is C21H17N5O. The molecule has 6 heteroatoms. The van der Waals surface area contributed by atoms with Gasteiger partial charge in [0.15, 0.2) is 5.65 Å². The van der Waals surface area contributed by atoms with Crippen LogP contribution in [0, 0.1) is 0 Å². The summed E-state index contributed by atoms with van der Waals surface area (Å²) >= 11 is 0. The lowest BCUT2D eigenvalue weighted by atomic mass is 10.1. The van der Waals surface area contributed by atoms with Crippen LogP contribution in [0.5, 0.6) is 5.75 Å². The molecule has 5 aromatic rings. The van der Waals surface area contributed by atoms with Crippen molar-refractivity contribution in [2.75, 3.05) is 7.11 Å². The predicted molar refractivity (Wildman–Crippen MR) is 105 cm³/mol. The molecule has 0 saturated carbocycles. The van der Waals surface area contributed by atoms with E-state index in [-0.39, 0.29) is 0 Å². The fourth-order valence-corrected chi connectivity index (χ4v) is 3.33. The summed E-state index contributed by atoms with van der Waals surface area (Å²) < 4.78 is 7.44. The quantitative estimate of drug-likeness (QED) is 0.528. The Bertz CT molecular complexity index is 1240. The average Bonchev–Trinajstić information content (AvgIpc) is 3.32. The maximum absolute atomic E-state index is 5.32. The second-order valence-corrected chi connectivity index (χ2v) is 6.40. The Hall–Kier alpha value is -3.67. The number of ether oxygens (including phenoxy) is 1. The van der Waals surface area contributed by atoms with E-state index in [0.717, 1.165) is 45.6 Å². The van der Waals surface area contributed by atoms with E-state index in [1.807, 2.05) is 43.0 Å². The highest BCUT2D eigenvalue weighted by Gasteiger charge is 2.12. The van der Waals surface area contributed by atoms with E-state index in [1.54, 1.807) is 13.3 Å². The summed E-state index contributed by atoms with van der Waals surface area (Å²) in [6, 6.07) is 14.4. The molecule has 0 aliphatic carbocycles. The molecule has 132 valence electrons. The summed E-state index contributed by atoms with van der Waals surface area (Å²) in [5.74, 6) is 0.728. The van der Waals surface area contributed by atoms with Crippen molar-refractivity contribution >= 4 is 22.2 Å². The molecule has 4 aromatic heterocycles. The van der Waals surface area contributed by atoms with Crippen LogP contribution in [-0.2, 0) is 6.54 Å². The molecule has 0 radical (unpaired) electrons. The van der Waals surface area contributed by atoms with Gasteiger partial charge < -0.3 is 14.3 Å². The highest BCUT2D eigenvalue weighted by Crippen LogP contribution is 2.31. The van der Waals surface area contributed by atoms with Crippen LogP contribution in [0.4, 0.5) is 0 Å². The first-order chi connectivity index (χ1) is 13.3. The number of nitrogens with one attached hydrogen (secondary N) is 1. The van der Waals surface area contributed by atoms with E-state index in [0.29, 0.717) is 0 Å². The zero-order valence-corrected chi connectivity index (χ0v) is 14.8. The van der Waals surface area contributed by atoms with Gasteiger partial charge >= 0.3 is 0 Å². The number of hydrogen-bond acceptors (Lipinski definition) is 4. The molecule has 1 aromatic carbocycles. The summed E-state index contributed by atoms with van der Waals surface area (Å²) in [7, 11) is 1.64. The predicted octanol–water partition coefficient (Wildman–Crippen LogP) is 4.03. The Morgan fingerprint density at radius 1 is 1.04 bits per heavy atom. The van der Waals surface area contributed by atoms with Crippen molar-refractivity contribution in [3.05, 3.63) is 72.9 Å². The van der Waals surface area contributed by atoms with Gasteiger partial charge in [0.05, 0.1) is 25.2 Å². The van der Waals surface area contributed by atoms with Crippen molar-refractivity contribution in [2.24, 2.45) is 0 Å². The van der Waals surface area contributed by atoms with Crippen molar-refractivity contribution in [3.8, 4) is 16.9 Å². The number of H-pyrrole nitrogens is 1. The summed E-state index contributed by atoms with van der Waals surface area (Å²) in [6.07, 6.45) is 7.36. The topological polar surface area (TPSA) is 68.6 Å². The van der Waals surface area contributed by atoms with Gasteiger partial charge in [0.1, 0.15) is 11.4 Å². The Balaban J connectivity index is 1.61. The molecule has 27 heavy (non-hydrogen) atoms. The maximum atomic E-state index is 5.32. The maximum Gasteiger partial charge on any atom is 0.177 e. The lowest BCUT2D eigenvalue weighted by molar-refractivity contribution is 0.414. The lowest BCUT2D eigenvalue weighted by Crippen LogP contribution is -1.97. The van der Waals surface area contributed by atoms with Crippen LogP contribution >= 0.6 is 0 Å². The molecule has 0 saturated heterocycles. The van der Waals surface area contributed by atoms with Gasteiger partial charge in [0.25, 0.3) is 0 Å². The van der Waals surface area contributed by atoms with Crippen molar-refractivity contribution in [3.63, 3.8) is 0 Å². The van der Waals surface area contributed by atoms with Gasteiger partial charge in [-0.25, -0.2) is 15.0 Å². The molecule has 0 amide bonds. The van der Waals surface area contributed by atoms with Crippen LogP contribution in [0.3, 0.4) is 0 Å². The Kier molecular flexibility index (Phi) is 3.60. The van der Waals surface area contributed by atoms with E-state index in [2.05, 4.69) is 42.7 Å². The summed E-state index contributed by atoms with van der Waals surface area (Å²) in [6.45, 7) is 0.756. The van der Waals surface area contributed by atoms with Crippen molar-refractivity contribution in [1.29, 1.82) is 0 Å². The summed E-state index contributed by atoms with van der Waals surface area (Å²) in [5, 5.41) is 1.00. The normalized spacial score (nSPS) is 11.3. The largest absolute Gasteiger partial charge is 0.495 e. The fraction of sp³-hybridized carbons (Fsp3) is 0.0952. The van der Waals surface area contributed by atoms with Crippen molar-refractivity contribution in [2.45, 2.75) is 6.54 Å². The van der Waals surface area contributed by atoms with E-state index in [9.17, 15) is 0 Å². The number of aromatic amines is 1. The summed E-state index contributed by atoms with van der Waals surface area (Å²) in [5.41, 5.74) is 5.84. The van der Waals surface area contributed by atoms with Gasteiger partial charge in [0, 0.05) is 35.5 Å². The highest BCUT2D eigenvalue weighted by atomic mass is 16.5. The average molecular weight is 355 g/mol. The monoisotopic (exact) mass is 355 g/mol. The minimum atomic E-state index is 0.728. The molecule has 4 heterocycles. The van der Waals surface area contributed by atoms with Crippen LogP contribution in [0.15, 0.2) is 67.4 Å². The van der Waals surface area contributed by atoms with Crippen LogP contribution < -0.4 is 4.74 Å². The molecule has 0 unspecified atom stereocenters. The van der Waals surface area contributed by atoms with Gasteiger partial charge in [-0.2, -0.15) is 0 Å². The molecule has 1 N–H and O–H groups in total. The number of methoxy groups -OCH3 is 1. The lowest BCUT2D eigenvalue weighted by Gasteiger charge is -2.06. The fourth-order valence-electron chi connectivity index (χ4n) is 3.33. The SMILES string of the molecule is COc1cnc2[nH]cc(-c3cnc4ncn(Cc5ccccc5)c4c3)c2c1. The van der Waals surface area contributed by atoms with Gasteiger partial charge in [-0.05, 0) is 17.7 Å². The number of imidazole rings is 1. The van der Waals surface area contributed by atoms with Crippen molar-refractivity contribution in [1.82, 2.24) is 24.5 Å². The smallest absolute Gasteiger partial charge is 0.177 e. The van der Waals surface area contributed by atoms with E-state index < -0.39 is 0 Å². The minimum Gasteiger partial charge on any atom is -0.495 e. The molecule has 0 atom stereocenters. The molecule has 0 aliphatic heterocycles. The number of hydrogen-bond donors (Lipinski definition) is 1. The molecular weight excluding hydrogens is 338 g/mol. The first-order valence-electron chi connectivity index (χ1n) is 8.68. The number of aromatic nitrogens is 5. The van der Waals surface area contributed by atoms with E-state index in [4.69, 9.17) is 4.74 Å². The van der Waals surface area contributed by atoms with Crippen LogP contribution in [0.2, 0.25) is 0 Å². The van der Waals surface area contributed by atoms with Gasteiger partial charge in [-0.15, -0.1) is 0 Å². The van der Waals surface area contributed by atoms with Gasteiger partial charge in [0.2, 0.25) is 0 Å². The number of pyridine rings is 2. The molecule has 0 aliphatic rings. The third kappa shape index (κ3) is 2.71. The Labute approximate surface area is 155 Å².